The number of allylic oxidation sites excluding steroid dienone is 3. The summed E-state index contributed by atoms with van der Waals surface area (Å²) < 4.78 is 0. The predicted molar refractivity (Wildman–Crippen MR) is 103 cm³/mol. The lowest BCUT2D eigenvalue weighted by atomic mass is 10.4. The lowest BCUT2D eigenvalue weighted by Gasteiger charge is -2.14. The number of nitrogens with zero attached hydrogens (tertiary/aromatic N) is 1. The summed E-state index contributed by atoms with van der Waals surface area (Å²) in [5.41, 5.74) is 0.0121. The number of carbonyl (C=O) groups is 1. The SMILES string of the molecule is CCN(/C=C/C=C(/Sc1ccccc1)C(=O)P)CC.CP. The first kappa shape index (κ1) is 20.4. The van der Waals surface area contributed by atoms with Crippen molar-refractivity contribution in [3.63, 3.8) is 0 Å². The van der Waals surface area contributed by atoms with E-state index in [4.69, 9.17) is 0 Å². The molecule has 2 unspecified atom stereocenters. The molecule has 0 saturated carbocycles. The van der Waals surface area contributed by atoms with Crippen LogP contribution in [0.4, 0.5) is 0 Å². The molecule has 0 aliphatic heterocycles. The molecule has 5 heteroatoms. The van der Waals surface area contributed by atoms with E-state index in [1.165, 1.54) is 11.8 Å². The van der Waals surface area contributed by atoms with Gasteiger partial charge in [-0.25, -0.2) is 0 Å². The molecule has 2 nitrogen and oxygen atoms in total. The van der Waals surface area contributed by atoms with E-state index >= 15 is 0 Å². The summed E-state index contributed by atoms with van der Waals surface area (Å²) in [4.78, 5) is 15.6. The number of benzene rings is 1. The Labute approximate surface area is 137 Å². The Morgan fingerprint density at radius 2 is 1.76 bits per heavy atom. The number of carbonyl (C=O) groups excluding carboxylic acids is 1. The Kier molecular flexibility index (Phi) is 12.7. The summed E-state index contributed by atoms with van der Waals surface area (Å²) in [5, 5.41) is 0. The van der Waals surface area contributed by atoms with Crippen molar-refractivity contribution in [2.75, 3.05) is 19.8 Å². The number of hydrogen-bond donors (Lipinski definition) is 0. The van der Waals surface area contributed by atoms with Crippen molar-refractivity contribution in [1.29, 1.82) is 0 Å². The molecule has 0 heterocycles. The van der Waals surface area contributed by atoms with Gasteiger partial charge in [-0.15, -0.1) is 9.24 Å². The first-order chi connectivity index (χ1) is 10.2. The lowest BCUT2D eigenvalue weighted by molar-refractivity contribution is -0.107. The summed E-state index contributed by atoms with van der Waals surface area (Å²) in [6, 6.07) is 9.91. The van der Waals surface area contributed by atoms with Crippen LogP contribution in [0.25, 0.3) is 0 Å². The second kappa shape index (κ2) is 13.1. The predicted octanol–water partition coefficient (Wildman–Crippen LogP) is 4.41. The van der Waals surface area contributed by atoms with E-state index in [2.05, 4.69) is 37.2 Å². The van der Waals surface area contributed by atoms with Crippen LogP contribution in [0.15, 0.2) is 58.5 Å². The van der Waals surface area contributed by atoms with Crippen molar-refractivity contribution >= 4 is 35.8 Å². The summed E-state index contributed by atoms with van der Waals surface area (Å²) in [6.07, 6.45) is 5.81. The minimum Gasteiger partial charge on any atom is -0.378 e. The minimum atomic E-state index is 0.0121. The highest BCUT2D eigenvalue weighted by atomic mass is 32.2. The smallest absolute Gasteiger partial charge is 0.184 e. The van der Waals surface area contributed by atoms with Gasteiger partial charge in [0.05, 0.1) is 4.91 Å². The van der Waals surface area contributed by atoms with Crippen LogP contribution in [0.3, 0.4) is 0 Å². The van der Waals surface area contributed by atoms with E-state index in [9.17, 15) is 4.79 Å². The van der Waals surface area contributed by atoms with Crippen molar-refractivity contribution in [3.8, 4) is 0 Å². The van der Waals surface area contributed by atoms with Crippen molar-refractivity contribution in [2.45, 2.75) is 18.7 Å². The monoisotopic (exact) mass is 341 g/mol. The molecule has 0 aromatic heterocycles. The van der Waals surface area contributed by atoms with Gasteiger partial charge in [0.15, 0.2) is 5.52 Å². The Morgan fingerprint density at radius 3 is 2.24 bits per heavy atom. The summed E-state index contributed by atoms with van der Waals surface area (Å²) in [5.74, 6) is 0. The normalized spacial score (nSPS) is 11.0. The number of hydrogen-bond acceptors (Lipinski definition) is 3. The van der Waals surface area contributed by atoms with Gasteiger partial charge in [0.1, 0.15) is 0 Å². The van der Waals surface area contributed by atoms with Crippen LogP contribution in [0.1, 0.15) is 13.8 Å². The highest BCUT2D eigenvalue weighted by Gasteiger charge is 2.04. The van der Waals surface area contributed by atoms with Gasteiger partial charge in [0.25, 0.3) is 0 Å². The second-order valence-electron chi connectivity index (χ2n) is 3.87. The average molecular weight is 341 g/mol. The molecule has 116 valence electrons. The standard InChI is InChI=1S/C15H20NOPS.CH5P/c1-3-16(4-2)12-8-11-14(15(17)18)19-13-9-6-5-7-10-13;1-2/h5-12H,3-4,18H2,1-2H3;2H2,1H3/b12-8+,14-11+;. The third-order valence-corrected chi connectivity index (χ3v) is 4.16. The van der Waals surface area contributed by atoms with Crippen molar-refractivity contribution in [3.05, 3.63) is 53.6 Å². The topological polar surface area (TPSA) is 20.3 Å². The van der Waals surface area contributed by atoms with Crippen LogP contribution in [-0.4, -0.2) is 30.2 Å². The fourth-order valence-electron chi connectivity index (χ4n) is 1.47. The van der Waals surface area contributed by atoms with Gasteiger partial charge >= 0.3 is 0 Å². The fraction of sp³-hybridized carbons (Fsp3) is 0.312. The minimum absolute atomic E-state index is 0.0121. The van der Waals surface area contributed by atoms with Crippen LogP contribution in [0.5, 0.6) is 0 Å². The Morgan fingerprint density at radius 1 is 1.19 bits per heavy atom. The molecule has 21 heavy (non-hydrogen) atoms. The highest BCUT2D eigenvalue weighted by molar-refractivity contribution is 8.04. The van der Waals surface area contributed by atoms with E-state index in [0.717, 1.165) is 22.9 Å². The summed E-state index contributed by atoms with van der Waals surface area (Å²) >= 11 is 1.48. The maximum absolute atomic E-state index is 11.6. The Balaban J connectivity index is 0.00000191. The molecule has 0 aliphatic rings. The van der Waals surface area contributed by atoms with Gasteiger partial charge in [0.2, 0.25) is 0 Å². The van der Waals surface area contributed by atoms with Crippen LogP contribution in [-0.2, 0) is 4.79 Å². The van der Waals surface area contributed by atoms with E-state index in [-0.39, 0.29) is 5.52 Å². The quantitative estimate of drug-likeness (QED) is 0.317. The molecule has 0 aliphatic carbocycles. The maximum atomic E-state index is 11.6. The molecule has 1 aromatic rings. The summed E-state index contributed by atoms with van der Waals surface area (Å²) in [7, 11) is 4.65. The van der Waals surface area contributed by atoms with Crippen LogP contribution in [0, 0.1) is 0 Å². The first-order valence-corrected chi connectivity index (χ1v) is 9.45. The lowest BCUT2D eigenvalue weighted by Crippen LogP contribution is -2.14. The second-order valence-corrected chi connectivity index (χ2v) is 5.51. The molecular formula is C16H25NOP2S. The van der Waals surface area contributed by atoms with Crippen LogP contribution >= 0.6 is 30.2 Å². The van der Waals surface area contributed by atoms with Crippen LogP contribution < -0.4 is 0 Å². The average Bonchev–Trinajstić information content (AvgIpc) is 2.53. The molecule has 0 saturated heterocycles. The molecule has 0 radical (unpaired) electrons. The molecular weight excluding hydrogens is 316 g/mol. The van der Waals surface area contributed by atoms with Gasteiger partial charge in [-0.05, 0) is 44.3 Å². The van der Waals surface area contributed by atoms with Gasteiger partial charge in [-0.2, -0.15) is 0 Å². The molecule has 1 rings (SSSR count). The zero-order valence-corrected chi connectivity index (χ0v) is 16.1. The maximum Gasteiger partial charge on any atom is 0.184 e. The Hall–Kier alpha value is -0.620. The molecule has 0 fully saturated rings. The number of thioether (sulfide) groups is 1. The zero-order valence-electron chi connectivity index (χ0n) is 13.0. The molecule has 1 aromatic carbocycles. The van der Waals surface area contributed by atoms with E-state index in [1.54, 1.807) is 0 Å². The molecule has 0 bridgehead atoms. The van der Waals surface area contributed by atoms with E-state index in [1.807, 2.05) is 55.3 Å². The third-order valence-electron chi connectivity index (χ3n) is 2.57. The fourth-order valence-corrected chi connectivity index (χ4v) is 2.54. The van der Waals surface area contributed by atoms with Gasteiger partial charge < -0.3 is 4.90 Å². The van der Waals surface area contributed by atoms with Crippen molar-refractivity contribution < 1.29 is 4.79 Å². The van der Waals surface area contributed by atoms with Gasteiger partial charge in [-0.1, -0.05) is 45.9 Å². The molecule has 0 amide bonds. The largest absolute Gasteiger partial charge is 0.378 e. The van der Waals surface area contributed by atoms with Gasteiger partial charge in [0, 0.05) is 18.0 Å². The zero-order chi connectivity index (χ0) is 16.1. The highest BCUT2D eigenvalue weighted by Crippen LogP contribution is 2.28. The Bertz CT molecular complexity index is 457. The first-order valence-electron chi connectivity index (χ1n) is 6.90. The van der Waals surface area contributed by atoms with Gasteiger partial charge in [-0.3, -0.25) is 4.79 Å². The summed E-state index contributed by atoms with van der Waals surface area (Å²) in [6.45, 7) is 8.07. The third kappa shape index (κ3) is 9.09. The number of rotatable bonds is 7. The van der Waals surface area contributed by atoms with Crippen LogP contribution in [0.2, 0.25) is 0 Å². The van der Waals surface area contributed by atoms with E-state index in [0.29, 0.717) is 0 Å². The van der Waals surface area contributed by atoms with Crippen molar-refractivity contribution in [1.82, 2.24) is 4.90 Å². The van der Waals surface area contributed by atoms with E-state index < -0.39 is 0 Å². The molecule has 2 atom stereocenters. The molecule has 0 N–H and O–H groups in total. The van der Waals surface area contributed by atoms with Crippen molar-refractivity contribution in [2.24, 2.45) is 0 Å². The molecule has 0 spiro atoms.